The minimum absolute atomic E-state index is 0.0404. The maximum absolute atomic E-state index is 14.2. The Morgan fingerprint density at radius 3 is 2.39 bits per heavy atom. The fraction of sp³-hybridized carbons (Fsp3) is 0.485. The van der Waals surface area contributed by atoms with Crippen molar-refractivity contribution in [3.05, 3.63) is 65.7 Å². The Bertz CT molecular complexity index is 1510. The molecule has 4 amide bonds. The maximum atomic E-state index is 14.2. The molecular formula is C33H41F2N5O6. The van der Waals surface area contributed by atoms with E-state index >= 15 is 0 Å². The first-order valence-corrected chi connectivity index (χ1v) is 15.1. The number of hydrogen-bond donors (Lipinski definition) is 2. The molecule has 0 saturated carbocycles. The zero-order chi connectivity index (χ0) is 33.9. The Morgan fingerprint density at radius 2 is 1.74 bits per heavy atom. The van der Waals surface area contributed by atoms with E-state index in [1.807, 2.05) is 30.3 Å². The van der Waals surface area contributed by atoms with E-state index < -0.39 is 52.1 Å². The molecule has 13 heteroatoms. The quantitative estimate of drug-likeness (QED) is 0.406. The number of hydrazone groups is 1. The number of nitrogens with one attached hydrogen (secondary N) is 2. The number of benzene rings is 2. The lowest BCUT2D eigenvalue weighted by Gasteiger charge is -2.41. The van der Waals surface area contributed by atoms with Crippen LogP contribution in [-0.2, 0) is 25.5 Å². The molecular weight excluding hydrogens is 600 g/mol. The fourth-order valence-corrected chi connectivity index (χ4v) is 5.51. The van der Waals surface area contributed by atoms with Crippen molar-refractivity contribution in [1.82, 2.24) is 20.5 Å². The van der Waals surface area contributed by atoms with Crippen LogP contribution in [0.25, 0.3) is 0 Å². The molecule has 0 aliphatic carbocycles. The SMILES string of the molecule is CN1N=C2CCN(C(=O)[C@@H](CCOc3ccc(F)c(F)c3)NC(=O)C(C)(C)NC(=O)OC(C)(C)C)C[C@@]2(Cc2ccccc2)C1=O. The highest BCUT2D eigenvalue weighted by Gasteiger charge is 2.54. The highest BCUT2D eigenvalue weighted by molar-refractivity contribution is 6.13. The predicted octanol–water partition coefficient (Wildman–Crippen LogP) is 3.81. The number of carbonyl (C=O) groups excluding carboxylic acids is 4. The van der Waals surface area contributed by atoms with Crippen molar-refractivity contribution in [2.45, 2.75) is 71.1 Å². The Balaban J connectivity index is 1.56. The first-order valence-electron chi connectivity index (χ1n) is 15.1. The monoisotopic (exact) mass is 641 g/mol. The molecule has 2 aliphatic rings. The van der Waals surface area contributed by atoms with Gasteiger partial charge in [0.2, 0.25) is 11.8 Å². The van der Waals surface area contributed by atoms with E-state index in [1.54, 1.807) is 27.8 Å². The normalized spacial score (nSPS) is 18.8. The molecule has 0 spiro atoms. The third-order valence-corrected chi connectivity index (χ3v) is 7.82. The van der Waals surface area contributed by atoms with Crippen molar-refractivity contribution in [2.75, 3.05) is 26.7 Å². The number of piperidine rings is 1. The van der Waals surface area contributed by atoms with Crippen LogP contribution in [0.5, 0.6) is 5.75 Å². The summed E-state index contributed by atoms with van der Waals surface area (Å²) in [6.45, 7) is 8.16. The van der Waals surface area contributed by atoms with E-state index in [0.717, 1.165) is 17.7 Å². The molecule has 46 heavy (non-hydrogen) atoms. The number of likely N-dealkylation sites (tertiary alicyclic amines) is 1. The van der Waals surface area contributed by atoms with E-state index in [1.165, 1.54) is 29.8 Å². The summed E-state index contributed by atoms with van der Waals surface area (Å²) in [5, 5.41) is 11.1. The third-order valence-electron chi connectivity index (χ3n) is 7.82. The highest BCUT2D eigenvalue weighted by atomic mass is 19.2. The number of hydrogen-bond acceptors (Lipinski definition) is 7. The summed E-state index contributed by atoms with van der Waals surface area (Å²) in [4.78, 5) is 55.2. The average molecular weight is 642 g/mol. The standard InChI is InChI=1S/C33H41F2N5O6/c1-31(2,3)46-30(44)37-32(4,5)28(42)36-25(15-17-45-22-12-13-23(34)24(35)18-22)27(41)40-16-14-26-33(20-40,29(43)39(6)38-26)19-21-10-8-7-9-11-21/h7-13,18,25H,14-17,19-20H2,1-6H3,(H,36,42)(H,37,44)/t25-,33-/m1/s1. The molecule has 1 saturated heterocycles. The summed E-state index contributed by atoms with van der Waals surface area (Å²) in [6.07, 6.45) is -0.176. The van der Waals surface area contributed by atoms with Crippen LogP contribution in [0.4, 0.5) is 13.6 Å². The summed E-state index contributed by atoms with van der Waals surface area (Å²) >= 11 is 0. The van der Waals surface area contributed by atoms with Gasteiger partial charge in [-0.3, -0.25) is 14.4 Å². The zero-order valence-electron chi connectivity index (χ0n) is 27.0. The third kappa shape index (κ3) is 7.99. The second kappa shape index (κ2) is 13.4. The number of alkyl carbamates (subject to hydrolysis) is 1. The Labute approximate surface area is 267 Å². The molecule has 2 heterocycles. The minimum atomic E-state index is -1.48. The van der Waals surface area contributed by atoms with E-state index in [9.17, 15) is 28.0 Å². The van der Waals surface area contributed by atoms with Gasteiger partial charge in [-0.05, 0) is 58.7 Å². The first-order chi connectivity index (χ1) is 21.5. The second-order valence-electron chi connectivity index (χ2n) is 13.1. The number of carbonyl (C=O) groups is 4. The Kier molecular flexibility index (Phi) is 10.0. The lowest BCUT2D eigenvalue weighted by Crippen LogP contribution is -2.62. The zero-order valence-corrected chi connectivity index (χ0v) is 27.0. The Morgan fingerprint density at radius 1 is 1.04 bits per heavy atom. The number of amides is 4. The van der Waals surface area contributed by atoms with Gasteiger partial charge in [0, 0.05) is 39.0 Å². The van der Waals surface area contributed by atoms with Gasteiger partial charge in [0.05, 0.1) is 12.3 Å². The summed E-state index contributed by atoms with van der Waals surface area (Å²) in [5.74, 6) is -3.44. The van der Waals surface area contributed by atoms with Gasteiger partial charge in [-0.15, -0.1) is 0 Å². The molecule has 2 aliphatic heterocycles. The van der Waals surface area contributed by atoms with E-state index in [4.69, 9.17) is 9.47 Å². The van der Waals surface area contributed by atoms with Crippen molar-refractivity contribution in [2.24, 2.45) is 10.5 Å². The van der Waals surface area contributed by atoms with Gasteiger partial charge >= 0.3 is 6.09 Å². The molecule has 248 valence electrons. The molecule has 11 nitrogen and oxygen atoms in total. The maximum Gasteiger partial charge on any atom is 0.408 e. The molecule has 2 aromatic rings. The summed E-state index contributed by atoms with van der Waals surface area (Å²) in [6, 6.07) is 11.4. The molecule has 0 radical (unpaired) electrons. The van der Waals surface area contributed by atoms with E-state index in [0.29, 0.717) is 18.6 Å². The number of rotatable bonds is 10. The second-order valence-corrected chi connectivity index (χ2v) is 13.1. The molecule has 0 aromatic heterocycles. The van der Waals surface area contributed by atoms with Crippen LogP contribution in [0.15, 0.2) is 53.6 Å². The van der Waals surface area contributed by atoms with Gasteiger partial charge in [-0.1, -0.05) is 30.3 Å². The topological polar surface area (TPSA) is 130 Å². The molecule has 2 N–H and O–H groups in total. The van der Waals surface area contributed by atoms with Crippen molar-refractivity contribution in [3.63, 3.8) is 0 Å². The summed E-state index contributed by atoms with van der Waals surface area (Å²) in [5.41, 5.74) is -1.75. The summed E-state index contributed by atoms with van der Waals surface area (Å²) in [7, 11) is 1.59. The lowest BCUT2D eigenvalue weighted by molar-refractivity contribution is -0.142. The highest BCUT2D eigenvalue weighted by Crippen LogP contribution is 2.38. The van der Waals surface area contributed by atoms with Crippen LogP contribution in [0, 0.1) is 17.0 Å². The molecule has 2 atom stereocenters. The molecule has 2 aromatic carbocycles. The number of nitrogens with zero attached hydrogens (tertiary/aromatic N) is 3. The first kappa shape index (κ1) is 34.3. The Hall–Kier alpha value is -4.55. The van der Waals surface area contributed by atoms with E-state index in [2.05, 4.69) is 15.7 Å². The summed E-state index contributed by atoms with van der Waals surface area (Å²) < 4.78 is 38.0. The minimum Gasteiger partial charge on any atom is -0.493 e. The van der Waals surface area contributed by atoms with Crippen molar-refractivity contribution in [3.8, 4) is 5.75 Å². The molecule has 4 rings (SSSR count). The smallest absolute Gasteiger partial charge is 0.408 e. The van der Waals surface area contributed by atoms with Gasteiger partial charge in [0.15, 0.2) is 11.6 Å². The number of ether oxygens (including phenoxy) is 2. The van der Waals surface area contributed by atoms with Crippen molar-refractivity contribution >= 4 is 29.5 Å². The van der Waals surface area contributed by atoms with Crippen LogP contribution >= 0.6 is 0 Å². The van der Waals surface area contributed by atoms with Gasteiger partial charge in [-0.25, -0.2) is 18.6 Å². The van der Waals surface area contributed by atoms with Crippen LogP contribution in [0.3, 0.4) is 0 Å². The molecule has 0 unspecified atom stereocenters. The van der Waals surface area contributed by atoms with Gasteiger partial charge in [0.25, 0.3) is 5.91 Å². The van der Waals surface area contributed by atoms with Crippen molar-refractivity contribution in [1.29, 1.82) is 0 Å². The predicted molar refractivity (Wildman–Crippen MR) is 166 cm³/mol. The molecule has 0 bridgehead atoms. The number of fused-ring (bicyclic) bond motifs is 1. The van der Waals surface area contributed by atoms with Crippen molar-refractivity contribution < 1.29 is 37.4 Å². The fourth-order valence-electron chi connectivity index (χ4n) is 5.51. The number of halogens is 2. The van der Waals surface area contributed by atoms with Crippen LogP contribution < -0.4 is 15.4 Å². The largest absolute Gasteiger partial charge is 0.493 e. The average Bonchev–Trinajstić information content (AvgIpc) is 3.21. The van der Waals surface area contributed by atoms with E-state index in [-0.39, 0.29) is 37.8 Å². The van der Waals surface area contributed by atoms with Gasteiger partial charge in [0.1, 0.15) is 28.3 Å². The van der Waals surface area contributed by atoms with Crippen LogP contribution in [0.1, 0.15) is 53.0 Å². The van der Waals surface area contributed by atoms with Gasteiger partial charge in [-0.2, -0.15) is 5.10 Å². The molecule has 1 fully saturated rings. The lowest BCUT2D eigenvalue weighted by atomic mass is 9.73. The van der Waals surface area contributed by atoms with Crippen LogP contribution in [-0.4, -0.2) is 83.4 Å². The van der Waals surface area contributed by atoms with Crippen LogP contribution in [0.2, 0.25) is 0 Å². The van der Waals surface area contributed by atoms with Gasteiger partial charge < -0.3 is 25.0 Å².